The van der Waals surface area contributed by atoms with Crippen molar-refractivity contribution in [3.05, 3.63) is 145 Å². The molecule has 5 nitrogen and oxygen atoms in total. The highest BCUT2D eigenvalue weighted by Crippen LogP contribution is 2.41. The lowest BCUT2D eigenvalue weighted by Gasteiger charge is -2.11. The lowest BCUT2D eigenvalue weighted by Crippen LogP contribution is -2.00. The van der Waals surface area contributed by atoms with Gasteiger partial charge in [0.2, 0.25) is 0 Å². The second-order valence-electron chi connectivity index (χ2n) is 10.0. The standard InChI is InChI=1S/C39H24N4O/c1-3-13-25(14-4-1)37-40-38(26-15-5-2-6-16-26)42-39(41-37)29-19-11-23-33-35(29)36-32(22-12-24-34(36)44-33)43-30-20-9-7-17-27(30)28-18-8-10-21-31(28)43/h1-24H/i1D,3D,4D,7D,8D,13D,14D,17D,18D,20D,21D. The Morgan fingerprint density at radius 1 is 0.500 bits per heavy atom. The van der Waals surface area contributed by atoms with Crippen LogP contribution in [-0.2, 0) is 0 Å². The molecule has 0 spiro atoms. The van der Waals surface area contributed by atoms with E-state index in [1.54, 1.807) is 65.2 Å². The van der Waals surface area contributed by atoms with E-state index in [1.807, 2.05) is 6.07 Å². The number of hydrogen-bond acceptors (Lipinski definition) is 4. The quantitative estimate of drug-likeness (QED) is 0.210. The maximum atomic E-state index is 9.00. The fourth-order valence-electron chi connectivity index (χ4n) is 5.66. The van der Waals surface area contributed by atoms with E-state index in [-0.39, 0.29) is 81.1 Å². The smallest absolute Gasteiger partial charge is 0.164 e. The van der Waals surface area contributed by atoms with Crippen molar-refractivity contribution in [3.8, 4) is 39.9 Å². The summed E-state index contributed by atoms with van der Waals surface area (Å²) in [5.41, 5.74) is 2.41. The summed E-state index contributed by atoms with van der Waals surface area (Å²) < 4.78 is 103. The van der Waals surface area contributed by atoms with Crippen LogP contribution in [0.5, 0.6) is 0 Å². The molecule has 44 heavy (non-hydrogen) atoms. The van der Waals surface area contributed by atoms with Gasteiger partial charge in [-0.05, 0) is 30.3 Å². The summed E-state index contributed by atoms with van der Waals surface area (Å²) in [5, 5.41) is 1.22. The topological polar surface area (TPSA) is 56.7 Å². The van der Waals surface area contributed by atoms with Crippen molar-refractivity contribution >= 4 is 43.7 Å². The van der Waals surface area contributed by atoms with Crippen LogP contribution >= 0.6 is 0 Å². The fourth-order valence-corrected chi connectivity index (χ4v) is 5.66. The Hall–Kier alpha value is -6.07. The van der Waals surface area contributed by atoms with Crippen LogP contribution in [0.4, 0.5) is 0 Å². The van der Waals surface area contributed by atoms with Crippen molar-refractivity contribution in [3.63, 3.8) is 0 Å². The molecule has 0 N–H and O–H groups in total. The molecule has 0 unspecified atom stereocenters. The van der Waals surface area contributed by atoms with Gasteiger partial charge in [0.1, 0.15) is 11.2 Å². The van der Waals surface area contributed by atoms with Gasteiger partial charge >= 0.3 is 0 Å². The number of fused-ring (bicyclic) bond motifs is 6. The highest BCUT2D eigenvalue weighted by atomic mass is 16.3. The molecule has 0 saturated carbocycles. The third kappa shape index (κ3) is 3.76. The molecule has 0 atom stereocenters. The minimum Gasteiger partial charge on any atom is -0.456 e. The second-order valence-corrected chi connectivity index (χ2v) is 10.0. The predicted molar refractivity (Wildman–Crippen MR) is 178 cm³/mol. The first-order valence-corrected chi connectivity index (χ1v) is 13.7. The van der Waals surface area contributed by atoms with E-state index >= 15 is 0 Å². The second kappa shape index (κ2) is 9.75. The van der Waals surface area contributed by atoms with E-state index < -0.39 is 30.2 Å². The summed E-state index contributed by atoms with van der Waals surface area (Å²) in [4.78, 5) is 14.2. The van der Waals surface area contributed by atoms with Crippen LogP contribution in [0, 0.1) is 0 Å². The molecule has 0 aliphatic rings. The van der Waals surface area contributed by atoms with Gasteiger partial charge in [0.25, 0.3) is 0 Å². The van der Waals surface area contributed by atoms with Gasteiger partial charge in [0.05, 0.1) is 37.2 Å². The maximum Gasteiger partial charge on any atom is 0.164 e. The van der Waals surface area contributed by atoms with Gasteiger partial charge in [-0.3, -0.25) is 0 Å². The van der Waals surface area contributed by atoms with Crippen molar-refractivity contribution in [2.24, 2.45) is 0 Å². The molecule has 0 bridgehead atoms. The van der Waals surface area contributed by atoms with E-state index in [1.165, 1.54) is 12.1 Å². The van der Waals surface area contributed by atoms with Gasteiger partial charge < -0.3 is 8.98 Å². The third-order valence-electron chi connectivity index (χ3n) is 7.50. The van der Waals surface area contributed by atoms with Gasteiger partial charge in [-0.15, -0.1) is 0 Å². The average Bonchev–Trinajstić information content (AvgIpc) is 3.76. The van der Waals surface area contributed by atoms with E-state index in [2.05, 4.69) is 4.98 Å². The molecule has 0 aliphatic heterocycles. The molecule has 3 aromatic heterocycles. The van der Waals surface area contributed by atoms with E-state index in [0.29, 0.717) is 38.8 Å². The van der Waals surface area contributed by atoms with Crippen LogP contribution in [0.25, 0.3) is 83.6 Å². The van der Waals surface area contributed by atoms with Crippen LogP contribution in [0.2, 0.25) is 0 Å². The molecule has 0 aliphatic carbocycles. The summed E-state index contributed by atoms with van der Waals surface area (Å²) in [6.45, 7) is 0. The number of furan rings is 1. The van der Waals surface area contributed by atoms with Crippen molar-refractivity contribution in [1.82, 2.24) is 19.5 Å². The van der Waals surface area contributed by atoms with Gasteiger partial charge in [0, 0.05) is 32.8 Å². The van der Waals surface area contributed by atoms with Crippen molar-refractivity contribution in [2.75, 3.05) is 0 Å². The molecular weight excluding hydrogens is 540 g/mol. The number of para-hydroxylation sites is 2. The summed E-state index contributed by atoms with van der Waals surface area (Å²) in [5.74, 6) is 0.137. The maximum absolute atomic E-state index is 9.00. The van der Waals surface area contributed by atoms with Crippen LogP contribution in [0.15, 0.2) is 150 Å². The molecule has 9 rings (SSSR count). The Balaban J connectivity index is 1.42. The SMILES string of the molecule is [2H]c1cc([2H])c2c(c1[2H])c1c([2H])c([2H])cc([2H])c1n2-c1cccc2oc3cccc(-c4nc(-c5ccccc5)nc(-c5c([2H])c([2H])c([2H])c([2H])c5[2H])n4)c3c12. The van der Waals surface area contributed by atoms with Crippen LogP contribution < -0.4 is 0 Å². The minimum atomic E-state index is -0.553. The highest BCUT2D eigenvalue weighted by Gasteiger charge is 2.21. The third-order valence-corrected chi connectivity index (χ3v) is 7.50. The van der Waals surface area contributed by atoms with Crippen LogP contribution in [-0.4, -0.2) is 19.5 Å². The lowest BCUT2D eigenvalue weighted by atomic mass is 10.0. The van der Waals surface area contributed by atoms with Crippen molar-refractivity contribution in [2.45, 2.75) is 0 Å². The zero-order valence-electron chi connectivity index (χ0n) is 33.7. The zero-order chi connectivity index (χ0) is 38.6. The van der Waals surface area contributed by atoms with E-state index in [9.17, 15) is 0 Å². The number of benzene rings is 6. The molecule has 206 valence electrons. The Morgan fingerprint density at radius 2 is 1.14 bits per heavy atom. The number of nitrogens with zero attached hydrogens (tertiary/aromatic N) is 4. The summed E-state index contributed by atoms with van der Waals surface area (Å²) in [6, 6.07) is 18.2. The average molecular weight is 576 g/mol. The van der Waals surface area contributed by atoms with Gasteiger partial charge in [-0.2, -0.15) is 0 Å². The predicted octanol–water partition coefficient (Wildman–Crippen LogP) is 9.87. The van der Waals surface area contributed by atoms with Crippen molar-refractivity contribution in [1.29, 1.82) is 0 Å². The van der Waals surface area contributed by atoms with E-state index in [0.717, 1.165) is 0 Å². The molecule has 3 heterocycles. The molecular formula is C39H24N4O. The molecule has 0 radical (unpaired) electrons. The van der Waals surface area contributed by atoms with Crippen molar-refractivity contribution < 1.29 is 19.5 Å². The molecule has 0 fully saturated rings. The highest BCUT2D eigenvalue weighted by molar-refractivity contribution is 6.17. The Bertz CT molecular complexity index is 3030. The molecule has 5 heteroatoms. The van der Waals surface area contributed by atoms with E-state index in [4.69, 9.17) is 29.5 Å². The minimum absolute atomic E-state index is 0.0999. The Morgan fingerprint density at radius 3 is 1.86 bits per heavy atom. The Labute approximate surface area is 268 Å². The van der Waals surface area contributed by atoms with Gasteiger partial charge in [-0.25, -0.2) is 15.0 Å². The molecule has 0 saturated heterocycles. The summed E-state index contributed by atoms with van der Waals surface area (Å²) >= 11 is 0. The van der Waals surface area contributed by atoms with Crippen LogP contribution in [0.1, 0.15) is 15.1 Å². The largest absolute Gasteiger partial charge is 0.456 e. The molecule has 9 aromatic rings. The lowest BCUT2D eigenvalue weighted by molar-refractivity contribution is 0.669. The first kappa shape index (κ1) is 16.0. The number of hydrogen-bond donors (Lipinski definition) is 0. The normalized spacial score (nSPS) is 15.1. The number of aromatic nitrogens is 4. The summed E-state index contributed by atoms with van der Waals surface area (Å²) in [7, 11) is 0. The zero-order valence-corrected chi connectivity index (χ0v) is 22.7. The summed E-state index contributed by atoms with van der Waals surface area (Å²) in [6.07, 6.45) is 0. The number of rotatable bonds is 4. The first-order chi connectivity index (χ1) is 26.4. The van der Waals surface area contributed by atoms with Gasteiger partial charge in [-0.1, -0.05) is 115 Å². The monoisotopic (exact) mass is 575 g/mol. The molecule has 0 amide bonds. The molecule has 6 aromatic carbocycles. The fraction of sp³-hybridized carbons (Fsp3) is 0. The first-order valence-electron chi connectivity index (χ1n) is 19.2. The van der Waals surface area contributed by atoms with Crippen LogP contribution in [0.3, 0.4) is 0 Å². The van der Waals surface area contributed by atoms with Gasteiger partial charge in [0.15, 0.2) is 17.5 Å². The Kier molecular flexibility index (Phi) is 3.54.